The highest BCUT2D eigenvalue weighted by molar-refractivity contribution is 7.89. The first kappa shape index (κ1) is 21.1. The number of hydrogen-bond donors (Lipinski definition) is 0. The Hall–Kier alpha value is -2.65. The zero-order valence-electron chi connectivity index (χ0n) is 16.4. The highest BCUT2D eigenvalue weighted by Crippen LogP contribution is 2.21. The smallest absolute Gasteiger partial charge is 0.260 e. The fraction of sp³-hybridized carbons (Fsp3) is 0.350. The molecule has 0 unspecified atom stereocenters. The number of hydrogen-bond acceptors (Lipinski definition) is 5. The maximum absolute atomic E-state index is 13.9. The summed E-state index contributed by atoms with van der Waals surface area (Å²) in [7, 11) is -0.577. The van der Waals surface area contributed by atoms with Crippen molar-refractivity contribution in [2.24, 2.45) is 0 Å². The Morgan fingerprint density at radius 1 is 1.03 bits per heavy atom. The minimum Gasteiger partial charge on any atom is -0.484 e. The van der Waals surface area contributed by atoms with Crippen LogP contribution in [0.15, 0.2) is 53.4 Å². The quantitative estimate of drug-likeness (QED) is 0.712. The van der Waals surface area contributed by atoms with Crippen molar-refractivity contribution in [1.29, 1.82) is 0 Å². The zero-order valence-corrected chi connectivity index (χ0v) is 17.2. The number of nitrogens with zero attached hydrogens (tertiary/aromatic N) is 3. The van der Waals surface area contributed by atoms with Crippen LogP contribution in [0.2, 0.25) is 0 Å². The summed E-state index contributed by atoms with van der Waals surface area (Å²) >= 11 is 0. The summed E-state index contributed by atoms with van der Waals surface area (Å²) in [6.45, 7) is 1.92. The Morgan fingerprint density at radius 2 is 1.66 bits per heavy atom. The van der Waals surface area contributed by atoms with Gasteiger partial charge in [0.25, 0.3) is 5.91 Å². The Bertz CT molecular complexity index is 956. The molecule has 0 saturated carbocycles. The molecule has 0 bridgehead atoms. The fourth-order valence-electron chi connectivity index (χ4n) is 3.06. The van der Waals surface area contributed by atoms with E-state index in [-0.39, 0.29) is 23.2 Å². The number of sulfonamides is 1. The van der Waals surface area contributed by atoms with Gasteiger partial charge in [0, 0.05) is 40.3 Å². The summed E-state index contributed by atoms with van der Waals surface area (Å²) in [6, 6.07) is 12.5. The van der Waals surface area contributed by atoms with Crippen LogP contribution in [0, 0.1) is 5.82 Å². The standard InChI is InChI=1S/C20H24FN3O4S/c1-22(2)29(26,27)17-9-7-16(8-10-17)28-15-20(25)24-13-11-23(12-14-24)19-6-4-3-5-18(19)21/h3-10H,11-15H2,1-2H3. The third-order valence-corrected chi connectivity index (χ3v) is 6.62. The molecule has 1 heterocycles. The molecule has 1 amide bonds. The van der Waals surface area contributed by atoms with E-state index in [1.807, 2.05) is 4.90 Å². The van der Waals surface area contributed by atoms with Gasteiger partial charge in [-0.25, -0.2) is 17.1 Å². The van der Waals surface area contributed by atoms with Gasteiger partial charge >= 0.3 is 0 Å². The van der Waals surface area contributed by atoms with Gasteiger partial charge in [-0.2, -0.15) is 0 Å². The van der Waals surface area contributed by atoms with Crippen molar-refractivity contribution in [1.82, 2.24) is 9.21 Å². The number of carbonyl (C=O) groups excluding carboxylic acids is 1. The second kappa shape index (κ2) is 8.79. The van der Waals surface area contributed by atoms with E-state index in [1.165, 1.54) is 44.4 Å². The largest absolute Gasteiger partial charge is 0.484 e. The molecule has 1 saturated heterocycles. The molecule has 0 N–H and O–H groups in total. The van der Waals surface area contributed by atoms with Gasteiger partial charge in [0.15, 0.2) is 6.61 Å². The van der Waals surface area contributed by atoms with E-state index in [0.29, 0.717) is 37.6 Å². The lowest BCUT2D eigenvalue weighted by Crippen LogP contribution is -2.50. The number of halogens is 1. The molecule has 7 nitrogen and oxygen atoms in total. The van der Waals surface area contributed by atoms with E-state index in [4.69, 9.17) is 4.74 Å². The van der Waals surface area contributed by atoms with Crippen LogP contribution in [0.5, 0.6) is 5.75 Å². The normalized spacial score (nSPS) is 14.9. The number of para-hydroxylation sites is 1. The SMILES string of the molecule is CN(C)S(=O)(=O)c1ccc(OCC(=O)N2CCN(c3ccccc3F)CC2)cc1. The average molecular weight is 421 g/mol. The third-order valence-electron chi connectivity index (χ3n) is 4.79. The number of amides is 1. The van der Waals surface area contributed by atoms with Crippen molar-refractivity contribution in [2.45, 2.75) is 4.90 Å². The second-order valence-corrected chi connectivity index (χ2v) is 9.02. The van der Waals surface area contributed by atoms with Gasteiger partial charge in [-0.05, 0) is 36.4 Å². The van der Waals surface area contributed by atoms with Gasteiger partial charge in [-0.3, -0.25) is 4.79 Å². The van der Waals surface area contributed by atoms with Gasteiger partial charge in [0.05, 0.1) is 10.6 Å². The molecule has 1 aliphatic heterocycles. The zero-order chi connectivity index (χ0) is 21.0. The third kappa shape index (κ3) is 4.86. The van der Waals surface area contributed by atoms with E-state index < -0.39 is 10.0 Å². The molecule has 0 aliphatic carbocycles. The van der Waals surface area contributed by atoms with Gasteiger partial charge in [0.1, 0.15) is 11.6 Å². The summed E-state index contributed by atoms with van der Waals surface area (Å²) in [5.74, 6) is -0.0143. The lowest BCUT2D eigenvalue weighted by atomic mass is 10.2. The molecule has 1 aliphatic rings. The number of rotatable bonds is 6. The van der Waals surface area contributed by atoms with Crippen LogP contribution in [0.25, 0.3) is 0 Å². The van der Waals surface area contributed by atoms with Crippen LogP contribution < -0.4 is 9.64 Å². The summed E-state index contributed by atoms with van der Waals surface area (Å²) in [5, 5.41) is 0. The number of carbonyl (C=O) groups is 1. The highest BCUT2D eigenvalue weighted by Gasteiger charge is 2.23. The molecule has 156 valence electrons. The first-order valence-corrected chi connectivity index (χ1v) is 10.7. The Labute approximate surface area is 170 Å². The predicted molar refractivity (Wildman–Crippen MR) is 108 cm³/mol. The summed E-state index contributed by atoms with van der Waals surface area (Å²) in [6.07, 6.45) is 0. The number of ether oxygens (including phenoxy) is 1. The molecule has 3 rings (SSSR count). The molecule has 0 atom stereocenters. The minimum absolute atomic E-state index is 0.139. The average Bonchev–Trinajstić information content (AvgIpc) is 2.72. The van der Waals surface area contributed by atoms with E-state index in [1.54, 1.807) is 23.1 Å². The first-order valence-electron chi connectivity index (χ1n) is 9.21. The van der Waals surface area contributed by atoms with Crippen LogP contribution in [0.1, 0.15) is 0 Å². The summed E-state index contributed by atoms with van der Waals surface area (Å²) in [4.78, 5) is 16.2. The maximum Gasteiger partial charge on any atom is 0.260 e. The molecule has 2 aromatic carbocycles. The van der Waals surface area contributed by atoms with Crippen LogP contribution in [-0.4, -0.2) is 70.4 Å². The molecule has 9 heteroatoms. The van der Waals surface area contributed by atoms with Gasteiger partial charge in [-0.15, -0.1) is 0 Å². The van der Waals surface area contributed by atoms with E-state index in [0.717, 1.165) is 4.31 Å². The fourth-order valence-corrected chi connectivity index (χ4v) is 3.96. The van der Waals surface area contributed by atoms with Crippen molar-refractivity contribution < 1.29 is 22.3 Å². The van der Waals surface area contributed by atoms with Crippen molar-refractivity contribution in [3.8, 4) is 5.75 Å². The monoisotopic (exact) mass is 421 g/mol. The van der Waals surface area contributed by atoms with E-state index >= 15 is 0 Å². The van der Waals surface area contributed by atoms with Crippen molar-refractivity contribution in [3.05, 3.63) is 54.3 Å². The van der Waals surface area contributed by atoms with Gasteiger partial charge in [0.2, 0.25) is 10.0 Å². The van der Waals surface area contributed by atoms with Gasteiger partial charge < -0.3 is 14.5 Å². The number of piperazine rings is 1. The van der Waals surface area contributed by atoms with Crippen LogP contribution in [0.3, 0.4) is 0 Å². The molecule has 29 heavy (non-hydrogen) atoms. The molecular formula is C20H24FN3O4S. The number of benzene rings is 2. The molecule has 1 fully saturated rings. The van der Waals surface area contributed by atoms with Crippen LogP contribution >= 0.6 is 0 Å². The van der Waals surface area contributed by atoms with Gasteiger partial charge in [-0.1, -0.05) is 12.1 Å². The Morgan fingerprint density at radius 3 is 2.24 bits per heavy atom. The maximum atomic E-state index is 13.9. The predicted octanol–water partition coefficient (Wildman–Crippen LogP) is 1.80. The lowest BCUT2D eigenvalue weighted by Gasteiger charge is -2.36. The number of anilines is 1. The summed E-state index contributed by atoms with van der Waals surface area (Å²) < 4.78 is 44.7. The second-order valence-electron chi connectivity index (χ2n) is 6.87. The summed E-state index contributed by atoms with van der Waals surface area (Å²) in [5.41, 5.74) is 0.545. The Kier molecular flexibility index (Phi) is 6.39. The molecule has 0 radical (unpaired) electrons. The highest BCUT2D eigenvalue weighted by atomic mass is 32.2. The van der Waals surface area contributed by atoms with Crippen molar-refractivity contribution in [3.63, 3.8) is 0 Å². The van der Waals surface area contributed by atoms with Crippen molar-refractivity contribution in [2.75, 3.05) is 51.8 Å². The van der Waals surface area contributed by atoms with Crippen LogP contribution in [0.4, 0.5) is 10.1 Å². The molecule has 2 aromatic rings. The first-order chi connectivity index (χ1) is 13.8. The Balaban J connectivity index is 1.51. The lowest BCUT2D eigenvalue weighted by molar-refractivity contribution is -0.133. The van der Waals surface area contributed by atoms with Crippen LogP contribution in [-0.2, 0) is 14.8 Å². The molecule has 0 aromatic heterocycles. The van der Waals surface area contributed by atoms with Crippen molar-refractivity contribution >= 4 is 21.6 Å². The topological polar surface area (TPSA) is 70.2 Å². The van der Waals surface area contributed by atoms with E-state index in [2.05, 4.69) is 0 Å². The minimum atomic E-state index is -3.50. The van der Waals surface area contributed by atoms with E-state index in [9.17, 15) is 17.6 Å². The molecular weight excluding hydrogens is 397 g/mol. The molecule has 0 spiro atoms.